The number of halogens is 3. The van der Waals surface area contributed by atoms with Gasteiger partial charge in [0.25, 0.3) is 0 Å². The Morgan fingerprint density at radius 3 is 2.40 bits per heavy atom. The Labute approximate surface area is 115 Å². The van der Waals surface area contributed by atoms with E-state index in [2.05, 4.69) is 10.2 Å². The van der Waals surface area contributed by atoms with Gasteiger partial charge in [-0.2, -0.15) is 13.2 Å². The summed E-state index contributed by atoms with van der Waals surface area (Å²) in [4.78, 5) is 0. The second-order valence-corrected chi connectivity index (χ2v) is 5.11. The average molecular weight is 289 g/mol. The molecule has 20 heavy (non-hydrogen) atoms. The van der Waals surface area contributed by atoms with E-state index < -0.39 is 11.9 Å². The largest absolute Gasteiger partial charge is 0.476 e. The van der Waals surface area contributed by atoms with E-state index in [0.29, 0.717) is 25.0 Å². The van der Waals surface area contributed by atoms with E-state index in [1.807, 2.05) is 0 Å². The molecule has 112 valence electrons. The lowest BCUT2D eigenvalue weighted by atomic mass is 9.80. The van der Waals surface area contributed by atoms with Crippen LogP contribution in [0.5, 0.6) is 5.88 Å². The van der Waals surface area contributed by atoms with Gasteiger partial charge in [0.05, 0.1) is 6.61 Å². The van der Waals surface area contributed by atoms with Crippen molar-refractivity contribution in [3.05, 3.63) is 17.8 Å². The van der Waals surface area contributed by atoms with Gasteiger partial charge in [-0.1, -0.05) is 12.8 Å². The predicted octanol–water partition coefficient (Wildman–Crippen LogP) is 2.64. The van der Waals surface area contributed by atoms with Gasteiger partial charge < -0.3 is 10.5 Å². The van der Waals surface area contributed by atoms with Crippen molar-refractivity contribution in [3.8, 4) is 5.88 Å². The first-order chi connectivity index (χ1) is 9.50. The zero-order chi connectivity index (χ0) is 14.6. The fraction of sp³-hybridized carbons (Fsp3) is 0.692. The van der Waals surface area contributed by atoms with Crippen molar-refractivity contribution in [1.82, 2.24) is 10.2 Å². The molecule has 1 aliphatic carbocycles. The summed E-state index contributed by atoms with van der Waals surface area (Å²) in [6.07, 6.45) is -0.0274. The van der Waals surface area contributed by atoms with Crippen LogP contribution in [-0.2, 0) is 6.18 Å². The number of alkyl halides is 3. The summed E-state index contributed by atoms with van der Waals surface area (Å²) in [5, 5.41) is 6.59. The highest BCUT2D eigenvalue weighted by Crippen LogP contribution is 2.30. The second kappa shape index (κ2) is 6.39. The first-order valence-electron chi connectivity index (χ1n) is 6.74. The van der Waals surface area contributed by atoms with Gasteiger partial charge in [-0.3, -0.25) is 0 Å². The van der Waals surface area contributed by atoms with Gasteiger partial charge in [0.15, 0.2) is 5.69 Å². The molecule has 0 saturated heterocycles. The third-order valence-electron chi connectivity index (χ3n) is 3.75. The smallest absolute Gasteiger partial charge is 0.435 e. The first-order valence-corrected chi connectivity index (χ1v) is 6.74. The summed E-state index contributed by atoms with van der Waals surface area (Å²) in [6.45, 7) is 1.05. The SMILES string of the molecule is NCC1CCCCC1COc1ccc(C(F)(F)F)nn1. The molecule has 7 heteroatoms. The molecule has 2 rings (SSSR count). The molecule has 2 atom stereocenters. The predicted molar refractivity (Wildman–Crippen MR) is 67.0 cm³/mol. The minimum atomic E-state index is -4.47. The van der Waals surface area contributed by atoms with Crippen LogP contribution < -0.4 is 10.5 Å². The summed E-state index contributed by atoms with van der Waals surface area (Å²) < 4.78 is 42.5. The molecule has 1 aliphatic rings. The standard InChI is InChI=1S/C13H18F3N3O/c14-13(15,16)11-5-6-12(19-18-11)20-8-10-4-2-1-3-9(10)7-17/h5-6,9-10H,1-4,7-8,17H2. The number of nitrogens with zero attached hydrogens (tertiary/aromatic N) is 2. The molecule has 1 aromatic heterocycles. The van der Waals surface area contributed by atoms with Crippen LogP contribution >= 0.6 is 0 Å². The minimum Gasteiger partial charge on any atom is -0.476 e. The van der Waals surface area contributed by atoms with Crippen LogP contribution in [0.1, 0.15) is 31.4 Å². The Bertz CT molecular complexity index is 422. The number of ether oxygens (including phenoxy) is 1. The van der Waals surface area contributed by atoms with E-state index in [1.54, 1.807) is 0 Å². The van der Waals surface area contributed by atoms with E-state index in [9.17, 15) is 13.2 Å². The molecule has 4 nitrogen and oxygen atoms in total. The maximum absolute atomic E-state index is 12.3. The topological polar surface area (TPSA) is 61.0 Å². The van der Waals surface area contributed by atoms with E-state index in [-0.39, 0.29) is 5.88 Å². The molecule has 2 unspecified atom stereocenters. The number of nitrogens with two attached hydrogens (primary N) is 1. The van der Waals surface area contributed by atoms with Crippen LogP contribution in [0.3, 0.4) is 0 Å². The zero-order valence-electron chi connectivity index (χ0n) is 11.1. The van der Waals surface area contributed by atoms with E-state index in [1.165, 1.54) is 12.5 Å². The van der Waals surface area contributed by atoms with E-state index >= 15 is 0 Å². The third-order valence-corrected chi connectivity index (χ3v) is 3.75. The van der Waals surface area contributed by atoms with Crippen molar-refractivity contribution in [1.29, 1.82) is 0 Å². The van der Waals surface area contributed by atoms with Crippen LogP contribution in [0.15, 0.2) is 12.1 Å². The molecule has 2 N–H and O–H groups in total. The lowest BCUT2D eigenvalue weighted by Crippen LogP contribution is -2.30. The quantitative estimate of drug-likeness (QED) is 0.925. The number of rotatable bonds is 4. The normalized spacial score (nSPS) is 23.6. The maximum Gasteiger partial charge on any atom is 0.435 e. The molecule has 1 fully saturated rings. The van der Waals surface area contributed by atoms with Crippen molar-refractivity contribution in [2.75, 3.05) is 13.2 Å². The Morgan fingerprint density at radius 2 is 1.85 bits per heavy atom. The highest BCUT2D eigenvalue weighted by Gasteiger charge is 2.33. The van der Waals surface area contributed by atoms with Gasteiger partial charge in [-0.15, -0.1) is 10.2 Å². The number of hydrogen-bond acceptors (Lipinski definition) is 4. The highest BCUT2D eigenvalue weighted by atomic mass is 19.4. The van der Waals surface area contributed by atoms with Gasteiger partial charge in [0.1, 0.15) is 0 Å². The monoisotopic (exact) mass is 289 g/mol. The lowest BCUT2D eigenvalue weighted by Gasteiger charge is -2.30. The van der Waals surface area contributed by atoms with Gasteiger partial charge in [-0.05, 0) is 37.3 Å². The molecule has 0 aromatic carbocycles. The molecule has 0 amide bonds. The van der Waals surface area contributed by atoms with Crippen LogP contribution in [0.25, 0.3) is 0 Å². The number of aromatic nitrogens is 2. The lowest BCUT2D eigenvalue weighted by molar-refractivity contribution is -0.141. The van der Waals surface area contributed by atoms with Crippen LogP contribution in [0.2, 0.25) is 0 Å². The van der Waals surface area contributed by atoms with Crippen LogP contribution in [0, 0.1) is 11.8 Å². The molecular formula is C13H18F3N3O. The van der Waals surface area contributed by atoms with Gasteiger partial charge in [0.2, 0.25) is 5.88 Å². The molecule has 0 radical (unpaired) electrons. The fourth-order valence-electron chi connectivity index (χ4n) is 2.55. The van der Waals surface area contributed by atoms with Crippen molar-refractivity contribution < 1.29 is 17.9 Å². The third kappa shape index (κ3) is 3.82. The molecule has 0 aliphatic heterocycles. The average Bonchev–Trinajstić information content (AvgIpc) is 2.45. The Morgan fingerprint density at radius 1 is 1.15 bits per heavy atom. The first kappa shape index (κ1) is 15.0. The summed E-state index contributed by atoms with van der Waals surface area (Å²) in [5.41, 5.74) is 4.71. The minimum absolute atomic E-state index is 0.124. The van der Waals surface area contributed by atoms with E-state index in [0.717, 1.165) is 25.3 Å². The molecule has 1 saturated carbocycles. The molecule has 1 heterocycles. The summed E-state index contributed by atoms with van der Waals surface area (Å²) in [7, 11) is 0. The summed E-state index contributed by atoms with van der Waals surface area (Å²) in [5.74, 6) is 0.892. The molecule has 0 bridgehead atoms. The summed E-state index contributed by atoms with van der Waals surface area (Å²) in [6, 6.07) is 2.08. The molecular weight excluding hydrogens is 271 g/mol. The Balaban J connectivity index is 1.90. The Hall–Kier alpha value is -1.37. The maximum atomic E-state index is 12.3. The number of hydrogen-bond donors (Lipinski definition) is 1. The van der Waals surface area contributed by atoms with Crippen molar-refractivity contribution in [2.24, 2.45) is 17.6 Å². The van der Waals surface area contributed by atoms with Crippen LogP contribution in [0.4, 0.5) is 13.2 Å². The van der Waals surface area contributed by atoms with Gasteiger partial charge in [-0.25, -0.2) is 0 Å². The summed E-state index contributed by atoms with van der Waals surface area (Å²) >= 11 is 0. The van der Waals surface area contributed by atoms with Crippen molar-refractivity contribution >= 4 is 0 Å². The van der Waals surface area contributed by atoms with Crippen molar-refractivity contribution in [2.45, 2.75) is 31.9 Å². The fourth-order valence-corrected chi connectivity index (χ4v) is 2.55. The Kier molecular flexibility index (Phi) is 4.80. The van der Waals surface area contributed by atoms with Gasteiger partial charge in [0, 0.05) is 6.07 Å². The van der Waals surface area contributed by atoms with Gasteiger partial charge >= 0.3 is 6.18 Å². The second-order valence-electron chi connectivity index (χ2n) is 5.11. The van der Waals surface area contributed by atoms with E-state index in [4.69, 9.17) is 10.5 Å². The zero-order valence-corrected chi connectivity index (χ0v) is 11.1. The molecule has 1 aromatic rings. The van der Waals surface area contributed by atoms with Crippen molar-refractivity contribution in [3.63, 3.8) is 0 Å². The highest BCUT2D eigenvalue weighted by molar-refractivity contribution is 5.13. The molecule has 0 spiro atoms. The van der Waals surface area contributed by atoms with Crippen LogP contribution in [-0.4, -0.2) is 23.3 Å².